The van der Waals surface area contributed by atoms with Gasteiger partial charge < -0.3 is 10.3 Å². The molecule has 0 aliphatic carbocycles. The van der Waals surface area contributed by atoms with Crippen LogP contribution >= 0.6 is 0 Å². The Hall–Kier alpha value is -3.14. The van der Waals surface area contributed by atoms with Gasteiger partial charge in [-0.3, -0.25) is 19.7 Å². The molecule has 0 aliphatic rings. The number of hydrogen-bond donors (Lipinski definition) is 2. The predicted octanol–water partition coefficient (Wildman–Crippen LogP) is 1.31. The van der Waals surface area contributed by atoms with Crippen molar-refractivity contribution in [3.8, 4) is 11.8 Å². The number of rotatable bonds is 3. The van der Waals surface area contributed by atoms with Gasteiger partial charge in [-0.15, -0.1) is 0 Å². The number of aromatic nitrogens is 1. The molecule has 0 saturated carbocycles. The molecule has 112 valence electrons. The fraction of sp³-hybridized carbons (Fsp3) is 0.200. The average Bonchev–Trinajstić information content (AvgIpc) is 2.47. The second-order valence-electron chi connectivity index (χ2n) is 4.56. The van der Waals surface area contributed by atoms with Crippen LogP contribution in [0.25, 0.3) is 10.9 Å². The zero-order valence-electron chi connectivity index (χ0n) is 11.8. The first-order chi connectivity index (χ1) is 10.5. The minimum Gasteiger partial charge on any atom is -0.355 e. The molecule has 2 N–H and O–H groups in total. The quantitative estimate of drug-likeness (QED) is 0.386. The lowest BCUT2D eigenvalue weighted by molar-refractivity contribution is -0.386. The van der Waals surface area contributed by atoms with Crippen molar-refractivity contribution in [3.63, 3.8) is 0 Å². The Kier molecular flexibility index (Phi) is 4.53. The van der Waals surface area contributed by atoms with E-state index in [1.807, 2.05) is 0 Å². The fourth-order valence-electron chi connectivity index (χ4n) is 1.89. The minimum atomic E-state index is -0.718. The van der Waals surface area contributed by atoms with Gasteiger partial charge in [-0.2, -0.15) is 0 Å². The minimum absolute atomic E-state index is 0.119. The van der Waals surface area contributed by atoms with E-state index in [2.05, 4.69) is 22.1 Å². The van der Waals surface area contributed by atoms with Gasteiger partial charge in [0.05, 0.1) is 16.5 Å². The third-order valence-corrected chi connectivity index (χ3v) is 2.91. The SMILES string of the molecule is CC(=O)NCCC#Cc1ccc2[nH]cc([N+](=O)[O-])c(=O)c2c1. The van der Waals surface area contributed by atoms with Crippen LogP contribution in [0.2, 0.25) is 0 Å². The van der Waals surface area contributed by atoms with E-state index in [1.165, 1.54) is 13.0 Å². The van der Waals surface area contributed by atoms with Crippen LogP contribution in [0.3, 0.4) is 0 Å². The second-order valence-corrected chi connectivity index (χ2v) is 4.56. The highest BCUT2D eigenvalue weighted by molar-refractivity contribution is 5.81. The van der Waals surface area contributed by atoms with Gasteiger partial charge in [0, 0.05) is 31.0 Å². The first kappa shape index (κ1) is 15.3. The Morgan fingerprint density at radius 1 is 1.45 bits per heavy atom. The number of nitrogens with one attached hydrogen (secondary N) is 2. The highest BCUT2D eigenvalue weighted by Gasteiger charge is 2.14. The number of amides is 1. The van der Waals surface area contributed by atoms with Gasteiger partial charge in [-0.25, -0.2) is 0 Å². The van der Waals surface area contributed by atoms with Crippen LogP contribution in [0.15, 0.2) is 29.2 Å². The third-order valence-electron chi connectivity index (χ3n) is 2.91. The largest absolute Gasteiger partial charge is 0.355 e. The summed E-state index contributed by atoms with van der Waals surface area (Å²) in [6.45, 7) is 1.87. The molecule has 0 radical (unpaired) electrons. The maximum absolute atomic E-state index is 12.0. The van der Waals surface area contributed by atoms with Gasteiger partial charge in [0.15, 0.2) is 0 Å². The first-order valence-corrected chi connectivity index (χ1v) is 6.52. The molecule has 0 fully saturated rings. The standard InChI is InChI=1S/C15H13N3O4/c1-10(19)16-7-3-2-4-11-5-6-13-12(8-11)15(20)14(9-17-13)18(21)22/h5-6,8-9H,3,7H2,1H3,(H,16,19)(H,17,20). The molecule has 0 unspecified atom stereocenters. The monoisotopic (exact) mass is 299 g/mol. The number of carbonyl (C=O) groups is 1. The Bertz CT molecular complexity index is 858. The zero-order chi connectivity index (χ0) is 16.1. The lowest BCUT2D eigenvalue weighted by Crippen LogP contribution is -2.20. The van der Waals surface area contributed by atoms with Crippen LogP contribution in [0.4, 0.5) is 5.69 Å². The van der Waals surface area contributed by atoms with E-state index in [9.17, 15) is 19.7 Å². The normalized spacial score (nSPS) is 9.86. The summed E-state index contributed by atoms with van der Waals surface area (Å²) >= 11 is 0. The molecule has 2 rings (SSSR count). The number of aromatic amines is 1. The molecule has 0 spiro atoms. The van der Waals surface area contributed by atoms with Crippen molar-refractivity contribution in [2.24, 2.45) is 0 Å². The van der Waals surface area contributed by atoms with Crippen molar-refractivity contribution >= 4 is 22.5 Å². The van der Waals surface area contributed by atoms with Crippen LogP contribution in [-0.2, 0) is 4.79 Å². The molecule has 1 amide bonds. The smallest absolute Gasteiger partial charge is 0.332 e. The summed E-state index contributed by atoms with van der Waals surface area (Å²) in [7, 11) is 0. The van der Waals surface area contributed by atoms with Crippen LogP contribution < -0.4 is 10.7 Å². The van der Waals surface area contributed by atoms with E-state index in [1.54, 1.807) is 12.1 Å². The van der Waals surface area contributed by atoms with E-state index in [0.29, 0.717) is 24.0 Å². The van der Waals surface area contributed by atoms with Crippen molar-refractivity contribution in [2.75, 3.05) is 6.54 Å². The molecule has 1 heterocycles. The van der Waals surface area contributed by atoms with E-state index in [4.69, 9.17) is 0 Å². The van der Waals surface area contributed by atoms with Crippen molar-refractivity contribution in [1.82, 2.24) is 10.3 Å². The highest BCUT2D eigenvalue weighted by Crippen LogP contribution is 2.13. The average molecular weight is 299 g/mol. The summed E-state index contributed by atoms with van der Waals surface area (Å²) in [4.78, 5) is 35.5. The molecule has 0 saturated heterocycles. The molecule has 22 heavy (non-hydrogen) atoms. The number of H-pyrrole nitrogens is 1. The van der Waals surface area contributed by atoms with Crippen LogP contribution in [0.1, 0.15) is 18.9 Å². The Morgan fingerprint density at radius 3 is 2.91 bits per heavy atom. The number of carbonyl (C=O) groups excluding carboxylic acids is 1. The zero-order valence-corrected chi connectivity index (χ0v) is 11.8. The molecule has 7 heteroatoms. The summed E-state index contributed by atoms with van der Waals surface area (Å²) in [6.07, 6.45) is 1.56. The summed E-state index contributed by atoms with van der Waals surface area (Å²) in [6, 6.07) is 4.89. The summed E-state index contributed by atoms with van der Waals surface area (Å²) in [5.41, 5.74) is -0.0374. The predicted molar refractivity (Wildman–Crippen MR) is 81.4 cm³/mol. The lowest BCUT2D eigenvalue weighted by atomic mass is 10.1. The molecule has 7 nitrogen and oxygen atoms in total. The maximum Gasteiger partial charge on any atom is 0.332 e. The van der Waals surface area contributed by atoms with Gasteiger partial charge >= 0.3 is 5.69 Å². The number of fused-ring (bicyclic) bond motifs is 1. The maximum atomic E-state index is 12.0. The van der Waals surface area contributed by atoms with Gasteiger partial charge in [-0.1, -0.05) is 11.8 Å². The van der Waals surface area contributed by atoms with Crippen molar-refractivity contribution in [3.05, 3.63) is 50.3 Å². The third kappa shape index (κ3) is 3.49. The van der Waals surface area contributed by atoms with Crippen LogP contribution in [0, 0.1) is 22.0 Å². The van der Waals surface area contributed by atoms with Gasteiger partial charge in [-0.05, 0) is 18.2 Å². The van der Waals surface area contributed by atoms with Crippen LogP contribution in [-0.4, -0.2) is 22.4 Å². The number of nitrogens with zero attached hydrogens (tertiary/aromatic N) is 1. The summed E-state index contributed by atoms with van der Waals surface area (Å²) < 4.78 is 0. The number of hydrogen-bond acceptors (Lipinski definition) is 4. The highest BCUT2D eigenvalue weighted by atomic mass is 16.6. The molecule has 0 atom stereocenters. The van der Waals surface area contributed by atoms with E-state index >= 15 is 0 Å². The van der Waals surface area contributed by atoms with E-state index in [-0.39, 0.29) is 11.3 Å². The van der Waals surface area contributed by atoms with Gasteiger partial charge in [0.25, 0.3) is 5.43 Å². The second kappa shape index (κ2) is 6.54. The molecular formula is C15H13N3O4. The van der Waals surface area contributed by atoms with Crippen LogP contribution in [0.5, 0.6) is 0 Å². The van der Waals surface area contributed by atoms with Crippen molar-refractivity contribution < 1.29 is 9.72 Å². The summed E-state index contributed by atoms with van der Waals surface area (Å²) in [5, 5.41) is 13.6. The number of nitro groups is 1. The molecule has 0 bridgehead atoms. The Balaban J connectivity index is 2.28. The Labute approximate surface area is 125 Å². The topological polar surface area (TPSA) is 105 Å². The molecular weight excluding hydrogens is 286 g/mol. The first-order valence-electron chi connectivity index (χ1n) is 6.52. The van der Waals surface area contributed by atoms with Gasteiger partial charge in [0.2, 0.25) is 5.91 Å². The summed E-state index contributed by atoms with van der Waals surface area (Å²) in [5.74, 6) is 5.61. The van der Waals surface area contributed by atoms with Gasteiger partial charge in [0.1, 0.15) is 0 Å². The van der Waals surface area contributed by atoms with Crippen molar-refractivity contribution in [1.29, 1.82) is 0 Å². The molecule has 1 aromatic carbocycles. The number of benzene rings is 1. The fourth-order valence-corrected chi connectivity index (χ4v) is 1.89. The lowest BCUT2D eigenvalue weighted by Gasteiger charge is -1.99. The molecule has 0 aliphatic heterocycles. The molecule has 2 aromatic rings. The van der Waals surface area contributed by atoms with E-state index < -0.39 is 16.0 Å². The Morgan fingerprint density at radius 2 is 2.23 bits per heavy atom. The van der Waals surface area contributed by atoms with E-state index in [0.717, 1.165) is 6.20 Å². The number of pyridine rings is 1. The van der Waals surface area contributed by atoms with Crippen molar-refractivity contribution in [2.45, 2.75) is 13.3 Å². The molecule has 1 aromatic heterocycles.